The number of hydrogen-bond donors (Lipinski definition) is 1. The number of aliphatic hydroxyl groups is 1. The van der Waals surface area contributed by atoms with Gasteiger partial charge in [-0.05, 0) is 32.2 Å². The predicted octanol–water partition coefficient (Wildman–Crippen LogP) is 1.13. The number of piperidine rings is 1. The second-order valence-corrected chi connectivity index (χ2v) is 5.72. The van der Waals surface area contributed by atoms with Crippen LogP contribution in [0.2, 0.25) is 0 Å². The highest BCUT2D eigenvalue weighted by atomic mass is 16.7. The second-order valence-electron chi connectivity index (χ2n) is 5.72. The number of aliphatic hydroxyl groups excluding tert-OH is 1. The minimum Gasteiger partial charge on any atom is -0.392 e. The van der Waals surface area contributed by atoms with E-state index < -0.39 is 0 Å². The van der Waals surface area contributed by atoms with Crippen LogP contribution in [0.3, 0.4) is 0 Å². The van der Waals surface area contributed by atoms with E-state index >= 15 is 0 Å². The van der Waals surface area contributed by atoms with Gasteiger partial charge in [0.25, 0.3) is 0 Å². The average Bonchev–Trinajstić information content (AvgIpc) is 2.90. The van der Waals surface area contributed by atoms with Gasteiger partial charge < -0.3 is 14.6 Å². The van der Waals surface area contributed by atoms with Crippen LogP contribution in [0, 0.1) is 0 Å². The van der Waals surface area contributed by atoms with Gasteiger partial charge >= 0.3 is 0 Å². The molecule has 0 amide bonds. The Morgan fingerprint density at radius 1 is 1.24 bits per heavy atom. The van der Waals surface area contributed by atoms with Gasteiger partial charge in [0.1, 0.15) is 0 Å². The van der Waals surface area contributed by atoms with Gasteiger partial charge in [-0.1, -0.05) is 0 Å². The summed E-state index contributed by atoms with van der Waals surface area (Å²) in [6, 6.07) is 0. The van der Waals surface area contributed by atoms with E-state index in [9.17, 15) is 5.11 Å². The third-order valence-electron chi connectivity index (χ3n) is 4.22. The number of rotatable bonds is 2. The second kappa shape index (κ2) is 4.84. The van der Waals surface area contributed by atoms with E-state index in [0.29, 0.717) is 0 Å². The molecule has 1 N–H and O–H groups in total. The van der Waals surface area contributed by atoms with Crippen LogP contribution in [0.25, 0.3) is 0 Å². The summed E-state index contributed by atoms with van der Waals surface area (Å²) in [5.41, 5.74) is 0. The Hall–Kier alpha value is -0.160. The van der Waals surface area contributed by atoms with Crippen molar-refractivity contribution in [2.24, 2.45) is 0 Å². The summed E-state index contributed by atoms with van der Waals surface area (Å²) < 4.78 is 12.0. The summed E-state index contributed by atoms with van der Waals surface area (Å²) in [4.78, 5) is 2.32. The lowest BCUT2D eigenvalue weighted by molar-refractivity contribution is -0.163. The molecule has 3 rings (SSSR count). The zero-order valence-corrected chi connectivity index (χ0v) is 10.4. The van der Waals surface area contributed by atoms with E-state index in [1.54, 1.807) is 0 Å². The zero-order valence-electron chi connectivity index (χ0n) is 10.4. The minimum absolute atomic E-state index is 0.147. The van der Waals surface area contributed by atoms with Crippen molar-refractivity contribution in [3.05, 3.63) is 0 Å². The first-order chi connectivity index (χ1) is 8.26. The smallest absolute Gasteiger partial charge is 0.168 e. The molecule has 3 aliphatic rings. The predicted molar refractivity (Wildman–Crippen MR) is 63.7 cm³/mol. The van der Waals surface area contributed by atoms with Gasteiger partial charge in [-0.25, -0.2) is 0 Å². The van der Waals surface area contributed by atoms with Crippen LogP contribution < -0.4 is 0 Å². The Balaban J connectivity index is 1.50. The summed E-state index contributed by atoms with van der Waals surface area (Å²) in [6.07, 6.45) is 6.69. The largest absolute Gasteiger partial charge is 0.392 e. The maximum atomic E-state index is 9.64. The normalized spacial score (nSPS) is 37.9. The highest BCUT2D eigenvalue weighted by Crippen LogP contribution is 2.39. The summed E-state index contributed by atoms with van der Waals surface area (Å²) in [5.74, 6) is -0.237. The fraction of sp³-hybridized carbons (Fsp3) is 1.00. The van der Waals surface area contributed by atoms with Gasteiger partial charge in [-0.3, -0.25) is 4.90 Å². The number of ether oxygens (including phenoxy) is 2. The van der Waals surface area contributed by atoms with E-state index in [1.165, 1.54) is 12.8 Å². The fourth-order valence-corrected chi connectivity index (χ4v) is 3.37. The van der Waals surface area contributed by atoms with Crippen molar-refractivity contribution in [3.8, 4) is 0 Å². The monoisotopic (exact) mass is 241 g/mol. The highest BCUT2D eigenvalue weighted by molar-refractivity contribution is 4.86. The Kier molecular flexibility index (Phi) is 3.39. The van der Waals surface area contributed by atoms with Crippen LogP contribution in [0.1, 0.15) is 38.5 Å². The van der Waals surface area contributed by atoms with Crippen LogP contribution in [0.15, 0.2) is 0 Å². The van der Waals surface area contributed by atoms with Gasteiger partial charge in [0.15, 0.2) is 5.79 Å². The molecule has 0 aromatic rings. The molecule has 0 aromatic heterocycles. The molecule has 2 aliphatic heterocycles. The van der Waals surface area contributed by atoms with Crippen molar-refractivity contribution in [1.29, 1.82) is 0 Å². The Labute approximate surface area is 103 Å². The van der Waals surface area contributed by atoms with Crippen LogP contribution in [-0.4, -0.2) is 54.2 Å². The van der Waals surface area contributed by atoms with E-state index in [-0.39, 0.29) is 18.0 Å². The lowest BCUT2D eigenvalue weighted by atomic mass is 10.1. The first-order valence-corrected chi connectivity index (χ1v) is 6.98. The molecule has 17 heavy (non-hydrogen) atoms. The Bertz CT molecular complexity index is 265. The molecule has 1 saturated carbocycles. The molecule has 1 aliphatic carbocycles. The van der Waals surface area contributed by atoms with Gasteiger partial charge in [0.2, 0.25) is 0 Å². The third kappa shape index (κ3) is 2.65. The minimum atomic E-state index is -0.237. The van der Waals surface area contributed by atoms with Gasteiger partial charge in [-0.2, -0.15) is 0 Å². The highest BCUT2D eigenvalue weighted by Gasteiger charge is 2.44. The van der Waals surface area contributed by atoms with Gasteiger partial charge in [0, 0.05) is 25.9 Å². The molecule has 2 atom stereocenters. The lowest BCUT2D eigenvalue weighted by Crippen LogP contribution is -2.43. The summed E-state index contributed by atoms with van der Waals surface area (Å²) in [6.45, 7) is 3.53. The van der Waals surface area contributed by atoms with Gasteiger partial charge in [-0.15, -0.1) is 0 Å². The maximum Gasteiger partial charge on any atom is 0.168 e. The molecule has 4 heteroatoms. The molecule has 2 heterocycles. The molecule has 98 valence electrons. The number of nitrogens with zero attached hydrogens (tertiary/aromatic N) is 1. The van der Waals surface area contributed by atoms with Gasteiger partial charge in [0.05, 0.1) is 18.8 Å². The Morgan fingerprint density at radius 2 is 2.06 bits per heavy atom. The van der Waals surface area contributed by atoms with E-state index in [2.05, 4.69) is 4.90 Å². The SMILES string of the molecule is O[C@H]1CCCN(CC2COC3(CCCC3)O2)C1. The lowest BCUT2D eigenvalue weighted by Gasteiger charge is -2.31. The summed E-state index contributed by atoms with van der Waals surface area (Å²) >= 11 is 0. The van der Waals surface area contributed by atoms with Crippen LogP contribution in [0.5, 0.6) is 0 Å². The molecular formula is C13H23NO3. The standard InChI is InChI=1S/C13H23NO3/c15-11-4-3-7-14(8-11)9-12-10-16-13(17-12)5-1-2-6-13/h11-12,15H,1-10H2/t11-,12?/m0/s1. The molecule has 3 fully saturated rings. The fourth-order valence-electron chi connectivity index (χ4n) is 3.37. The zero-order chi connectivity index (χ0) is 11.7. The topological polar surface area (TPSA) is 41.9 Å². The molecule has 2 saturated heterocycles. The molecule has 0 bridgehead atoms. The van der Waals surface area contributed by atoms with Crippen LogP contribution in [-0.2, 0) is 9.47 Å². The molecular weight excluding hydrogens is 218 g/mol. The maximum absolute atomic E-state index is 9.64. The van der Waals surface area contributed by atoms with Crippen molar-refractivity contribution in [2.75, 3.05) is 26.2 Å². The quantitative estimate of drug-likeness (QED) is 0.787. The van der Waals surface area contributed by atoms with E-state index in [4.69, 9.17) is 9.47 Å². The average molecular weight is 241 g/mol. The molecule has 4 nitrogen and oxygen atoms in total. The summed E-state index contributed by atoms with van der Waals surface area (Å²) in [5, 5.41) is 9.64. The van der Waals surface area contributed by atoms with Crippen molar-refractivity contribution < 1.29 is 14.6 Å². The molecule has 0 radical (unpaired) electrons. The van der Waals surface area contributed by atoms with Crippen molar-refractivity contribution in [3.63, 3.8) is 0 Å². The molecule has 1 spiro atoms. The third-order valence-corrected chi connectivity index (χ3v) is 4.22. The molecule has 1 unspecified atom stereocenters. The van der Waals surface area contributed by atoms with E-state index in [0.717, 1.165) is 51.9 Å². The van der Waals surface area contributed by atoms with Crippen LogP contribution in [0.4, 0.5) is 0 Å². The number of β-amino-alcohol motifs (C(OH)–C–C–N with tert-alkyl or cyclic N) is 1. The number of likely N-dealkylation sites (tertiary alicyclic amines) is 1. The number of hydrogen-bond acceptors (Lipinski definition) is 4. The first kappa shape index (κ1) is 11.9. The Morgan fingerprint density at radius 3 is 2.82 bits per heavy atom. The van der Waals surface area contributed by atoms with Crippen molar-refractivity contribution >= 4 is 0 Å². The summed E-state index contributed by atoms with van der Waals surface area (Å²) in [7, 11) is 0. The molecule has 0 aromatic carbocycles. The van der Waals surface area contributed by atoms with Crippen molar-refractivity contribution in [1.82, 2.24) is 4.90 Å². The van der Waals surface area contributed by atoms with Crippen molar-refractivity contribution in [2.45, 2.75) is 56.5 Å². The van der Waals surface area contributed by atoms with E-state index in [1.807, 2.05) is 0 Å². The first-order valence-electron chi connectivity index (χ1n) is 6.98. The van der Waals surface area contributed by atoms with Crippen LogP contribution >= 0.6 is 0 Å².